The molecule has 1 atom stereocenters. The number of aromatic nitrogens is 3. The Morgan fingerprint density at radius 3 is 2.41 bits per heavy atom. The standard InChI is InChI=1S/C25H33N5O3S/c1-4-30-21(19-7-5-6-8-20(19)33-3)28-29-24(30)34-15(2)22(31)26-23(32)27-25-12-16-9-17(13-25)11-18(10-16)14-25/h5-8,15-18H,4,9-14H2,1-3H3,(H2,26,27,31,32). The fraction of sp³-hybridized carbons (Fsp3) is 0.600. The summed E-state index contributed by atoms with van der Waals surface area (Å²) in [6, 6.07) is 7.29. The number of methoxy groups -OCH3 is 1. The van der Waals surface area contributed by atoms with E-state index in [9.17, 15) is 9.59 Å². The van der Waals surface area contributed by atoms with E-state index in [4.69, 9.17) is 4.74 Å². The molecule has 4 bridgehead atoms. The molecule has 34 heavy (non-hydrogen) atoms. The Bertz CT molecular complexity index is 1050. The predicted octanol–water partition coefficient (Wildman–Crippen LogP) is 4.25. The van der Waals surface area contributed by atoms with Gasteiger partial charge < -0.3 is 14.6 Å². The molecule has 0 aliphatic heterocycles. The highest BCUT2D eigenvalue weighted by atomic mass is 32.2. The number of rotatable bonds is 7. The molecule has 1 aromatic heterocycles. The van der Waals surface area contributed by atoms with Crippen LogP contribution in [-0.2, 0) is 11.3 Å². The number of nitrogens with one attached hydrogen (secondary N) is 2. The second-order valence-corrected chi connectivity index (χ2v) is 11.5. The van der Waals surface area contributed by atoms with Crippen molar-refractivity contribution in [3.8, 4) is 17.1 Å². The Morgan fingerprint density at radius 1 is 1.15 bits per heavy atom. The van der Waals surface area contributed by atoms with Crippen LogP contribution in [0.4, 0.5) is 4.79 Å². The van der Waals surface area contributed by atoms with Crippen molar-refractivity contribution in [3.63, 3.8) is 0 Å². The van der Waals surface area contributed by atoms with Gasteiger partial charge in [-0.25, -0.2) is 4.79 Å². The zero-order valence-electron chi connectivity index (χ0n) is 20.0. The molecule has 0 saturated heterocycles. The molecular weight excluding hydrogens is 450 g/mol. The lowest BCUT2D eigenvalue weighted by molar-refractivity contribution is -0.119. The number of imide groups is 1. The summed E-state index contributed by atoms with van der Waals surface area (Å²) >= 11 is 1.30. The molecule has 3 amide bonds. The van der Waals surface area contributed by atoms with Crippen molar-refractivity contribution in [3.05, 3.63) is 24.3 Å². The molecule has 6 rings (SSSR count). The number of para-hydroxylation sites is 1. The van der Waals surface area contributed by atoms with Gasteiger partial charge in [0, 0.05) is 12.1 Å². The van der Waals surface area contributed by atoms with Gasteiger partial charge in [-0.1, -0.05) is 23.9 Å². The Balaban J connectivity index is 1.22. The van der Waals surface area contributed by atoms with E-state index in [1.165, 1.54) is 31.0 Å². The number of ether oxygens (including phenoxy) is 1. The average molecular weight is 484 g/mol. The molecule has 8 nitrogen and oxygen atoms in total. The van der Waals surface area contributed by atoms with Gasteiger partial charge in [0.1, 0.15) is 5.75 Å². The van der Waals surface area contributed by atoms with Crippen molar-refractivity contribution in [2.45, 2.75) is 74.9 Å². The second-order valence-electron chi connectivity index (χ2n) is 10.2. The molecule has 9 heteroatoms. The van der Waals surface area contributed by atoms with Crippen LogP contribution in [0.1, 0.15) is 52.4 Å². The summed E-state index contributed by atoms with van der Waals surface area (Å²) in [4.78, 5) is 25.6. The maximum atomic E-state index is 12.9. The summed E-state index contributed by atoms with van der Waals surface area (Å²) in [5.74, 6) is 3.28. The van der Waals surface area contributed by atoms with Crippen LogP contribution in [0.5, 0.6) is 5.75 Å². The molecule has 1 heterocycles. The van der Waals surface area contributed by atoms with Gasteiger partial charge in [0.25, 0.3) is 0 Å². The number of carbonyl (C=O) groups excluding carboxylic acids is 2. The van der Waals surface area contributed by atoms with Crippen LogP contribution in [-0.4, -0.2) is 44.6 Å². The monoisotopic (exact) mass is 483 g/mol. The fourth-order valence-corrected chi connectivity index (χ4v) is 7.56. The molecule has 182 valence electrons. The first-order valence-corrected chi connectivity index (χ1v) is 13.1. The van der Waals surface area contributed by atoms with Crippen molar-refractivity contribution in [2.24, 2.45) is 17.8 Å². The van der Waals surface area contributed by atoms with Crippen LogP contribution in [0.15, 0.2) is 29.4 Å². The van der Waals surface area contributed by atoms with Crippen LogP contribution in [0, 0.1) is 17.8 Å². The lowest BCUT2D eigenvalue weighted by Crippen LogP contribution is -2.62. The van der Waals surface area contributed by atoms with Crippen molar-refractivity contribution in [1.82, 2.24) is 25.4 Å². The molecule has 1 aromatic carbocycles. The number of hydrogen-bond donors (Lipinski definition) is 2. The van der Waals surface area contributed by atoms with Gasteiger partial charge in [-0.3, -0.25) is 10.1 Å². The third-order valence-electron chi connectivity index (χ3n) is 7.69. The summed E-state index contributed by atoms with van der Waals surface area (Å²) < 4.78 is 7.43. The molecule has 0 spiro atoms. The van der Waals surface area contributed by atoms with Crippen molar-refractivity contribution < 1.29 is 14.3 Å². The summed E-state index contributed by atoms with van der Waals surface area (Å²) in [6.07, 6.45) is 7.08. The lowest BCUT2D eigenvalue weighted by Gasteiger charge is -2.56. The minimum atomic E-state index is -0.498. The molecule has 0 radical (unpaired) electrons. The Hall–Kier alpha value is -2.55. The van der Waals surface area contributed by atoms with Gasteiger partial charge in [0.2, 0.25) is 5.91 Å². The number of thioether (sulfide) groups is 1. The van der Waals surface area contributed by atoms with Crippen molar-refractivity contribution >= 4 is 23.7 Å². The molecule has 4 aliphatic rings. The Morgan fingerprint density at radius 2 is 1.79 bits per heavy atom. The smallest absolute Gasteiger partial charge is 0.321 e. The number of carbonyl (C=O) groups is 2. The highest BCUT2D eigenvalue weighted by molar-refractivity contribution is 8.00. The summed E-state index contributed by atoms with van der Waals surface area (Å²) in [6.45, 7) is 4.44. The highest BCUT2D eigenvalue weighted by Crippen LogP contribution is 2.55. The molecule has 4 saturated carbocycles. The normalized spacial score (nSPS) is 27.9. The van der Waals surface area contributed by atoms with E-state index in [1.807, 2.05) is 35.8 Å². The van der Waals surface area contributed by atoms with Crippen LogP contribution in [0.25, 0.3) is 11.4 Å². The zero-order valence-corrected chi connectivity index (χ0v) is 20.9. The van der Waals surface area contributed by atoms with E-state index in [2.05, 4.69) is 20.8 Å². The largest absolute Gasteiger partial charge is 0.496 e. The first-order chi connectivity index (χ1) is 16.4. The van der Waals surface area contributed by atoms with E-state index >= 15 is 0 Å². The third kappa shape index (κ3) is 4.42. The first kappa shape index (κ1) is 23.2. The molecule has 4 aliphatic carbocycles. The van der Waals surface area contributed by atoms with Crippen LogP contribution >= 0.6 is 11.8 Å². The van der Waals surface area contributed by atoms with Crippen LogP contribution in [0.2, 0.25) is 0 Å². The summed E-state index contributed by atoms with van der Waals surface area (Å²) in [7, 11) is 1.63. The van der Waals surface area contributed by atoms with E-state index < -0.39 is 5.25 Å². The Labute approximate surface area is 204 Å². The lowest BCUT2D eigenvalue weighted by atomic mass is 9.53. The maximum Gasteiger partial charge on any atom is 0.321 e. The van der Waals surface area contributed by atoms with E-state index in [1.54, 1.807) is 14.0 Å². The SMILES string of the molecule is CCn1c(SC(C)C(=O)NC(=O)NC23CC4CC(CC(C4)C2)C3)nnc1-c1ccccc1OC. The van der Waals surface area contributed by atoms with Crippen LogP contribution in [0.3, 0.4) is 0 Å². The first-order valence-electron chi connectivity index (χ1n) is 12.3. The molecule has 2 N–H and O–H groups in total. The molecule has 1 unspecified atom stereocenters. The van der Waals surface area contributed by atoms with E-state index in [0.717, 1.165) is 42.6 Å². The van der Waals surface area contributed by atoms with E-state index in [0.29, 0.717) is 23.3 Å². The number of hydrogen-bond acceptors (Lipinski definition) is 6. The van der Waals surface area contributed by atoms with Gasteiger partial charge in [-0.05, 0) is 82.3 Å². The minimum absolute atomic E-state index is 0.123. The zero-order chi connectivity index (χ0) is 23.9. The summed E-state index contributed by atoms with van der Waals surface area (Å²) in [5.41, 5.74) is 0.722. The van der Waals surface area contributed by atoms with Crippen LogP contribution < -0.4 is 15.4 Å². The Kier molecular flexibility index (Phi) is 6.31. The van der Waals surface area contributed by atoms with Gasteiger partial charge in [-0.2, -0.15) is 0 Å². The number of amides is 3. The second kappa shape index (κ2) is 9.24. The van der Waals surface area contributed by atoms with Gasteiger partial charge in [0.15, 0.2) is 11.0 Å². The van der Waals surface area contributed by atoms with Gasteiger partial charge >= 0.3 is 6.03 Å². The topological polar surface area (TPSA) is 98.1 Å². The van der Waals surface area contributed by atoms with Gasteiger partial charge in [0.05, 0.1) is 17.9 Å². The fourth-order valence-electron chi connectivity index (χ4n) is 6.65. The molecule has 2 aromatic rings. The van der Waals surface area contributed by atoms with Crippen molar-refractivity contribution in [1.29, 1.82) is 0 Å². The number of nitrogens with zero attached hydrogens (tertiary/aromatic N) is 3. The van der Waals surface area contributed by atoms with E-state index in [-0.39, 0.29) is 17.5 Å². The van der Waals surface area contributed by atoms with Gasteiger partial charge in [-0.15, -0.1) is 10.2 Å². The predicted molar refractivity (Wildman–Crippen MR) is 131 cm³/mol. The molecule has 4 fully saturated rings. The number of benzene rings is 1. The third-order valence-corrected chi connectivity index (χ3v) is 8.77. The number of urea groups is 1. The van der Waals surface area contributed by atoms with Crippen molar-refractivity contribution in [2.75, 3.05) is 7.11 Å². The average Bonchev–Trinajstić information content (AvgIpc) is 3.19. The molecular formula is C25H33N5O3S. The summed E-state index contributed by atoms with van der Waals surface area (Å²) in [5, 5.41) is 14.6. The minimum Gasteiger partial charge on any atom is -0.496 e. The highest BCUT2D eigenvalue weighted by Gasteiger charge is 2.51. The maximum absolute atomic E-state index is 12.9. The quantitative estimate of drug-likeness (QED) is 0.572.